The van der Waals surface area contributed by atoms with Crippen LogP contribution in [0.3, 0.4) is 0 Å². The second kappa shape index (κ2) is 5.21. The molecule has 1 aromatic carbocycles. The van der Waals surface area contributed by atoms with Crippen LogP contribution in [0.15, 0.2) is 24.3 Å². The molecule has 1 aliphatic carbocycles. The normalized spacial score (nSPS) is 17.1. The van der Waals surface area contributed by atoms with Crippen LogP contribution in [0.25, 0.3) is 0 Å². The second-order valence-corrected chi connectivity index (χ2v) is 4.69. The molecule has 1 amide bonds. The largest absolute Gasteiger partial charge is 0.416 e. The maximum absolute atomic E-state index is 12.3. The molecule has 0 radical (unpaired) electrons. The van der Waals surface area contributed by atoms with Crippen molar-refractivity contribution in [2.24, 2.45) is 5.92 Å². The lowest BCUT2D eigenvalue weighted by Crippen LogP contribution is -2.33. The highest BCUT2D eigenvalue weighted by molar-refractivity contribution is 5.94. The van der Waals surface area contributed by atoms with Crippen molar-refractivity contribution in [2.75, 3.05) is 6.54 Å². The Hall–Kier alpha value is -1.56. The van der Waals surface area contributed by atoms with Crippen molar-refractivity contribution in [3.8, 4) is 0 Å². The van der Waals surface area contributed by atoms with Gasteiger partial charge in [-0.3, -0.25) is 4.79 Å². The lowest BCUT2D eigenvalue weighted by atomic mass is 10.1. The standard InChI is InChI=1S/C13H14F3NO2/c14-13(15,16)10-5-3-9(4-6-10)12(19)17-7-11(18)8-1-2-8/h3-6,8,11,18H,1-2,7H2,(H,17,19). The third kappa shape index (κ3) is 3.70. The molecule has 2 rings (SSSR count). The van der Waals surface area contributed by atoms with Crippen LogP contribution in [0.5, 0.6) is 0 Å². The third-order valence-corrected chi connectivity index (χ3v) is 3.11. The quantitative estimate of drug-likeness (QED) is 0.883. The number of carbonyl (C=O) groups is 1. The molecule has 104 valence electrons. The minimum Gasteiger partial charge on any atom is -0.391 e. The number of alkyl halides is 3. The Morgan fingerprint density at radius 3 is 2.37 bits per heavy atom. The molecule has 6 heteroatoms. The molecule has 1 saturated carbocycles. The molecule has 1 unspecified atom stereocenters. The van der Waals surface area contributed by atoms with E-state index in [1.807, 2.05) is 0 Å². The number of carbonyl (C=O) groups excluding carboxylic acids is 1. The summed E-state index contributed by atoms with van der Waals surface area (Å²) in [7, 11) is 0. The number of hydrogen-bond donors (Lipinski definition) is 2. The Morgan fingerprint density at radius 2 is 1.89 bits per heavy atom. The molecule has 1 fully saturated rings. The van der Waals surface area contributed by atoms with Crippen molar-refractivity contribution in [2.45, 2.75) is 25.1 Å². The Kier molecular flexibility index (Phi) is 3.80. The van der Waals surface area contributed by atoms with Gasteiger partial charge in [0.2, 0.25) is 0 Å². The van der Waals surface area contributed by atoms with E-state index in [4.69, 9.17) is 0 Å². The van der Waals surface area contributed by atoms with Crippen LogP contribution < -0.4 is 5.32 Å². The summed E-state index contributed by atoms with van der Waals surface area (Å²) in [5.41, 5.74) is -0.641. The zero-order chi connectivity index (χ0) is 14.0. The summed E-state index contributed by atoms with van der Waals surface area (Å²) in [4.78, 5) is 11.6. The van der Waals surface area contributed by atoms with Gasteiger partial charge in [-0.05, 0) is 43.0 Å². The molecular weight excluding hydrogens is 259 g/mol. The van der Waals surface area contributed by atoms with Crippen molar-refractivity contribution >= 4 is 5.91 Å². The zero-order valence-electron chi connectivity index (χ0n) is 10.1. The molecule has 19 heavy (non-hydrogen) atoms. The van der Waals surface area contributed by atoms with Crippen LogP contribution in [-0.4, -0.2) is 23.7 Å². The van der Waals surface area contributed by atoms with Crippen LogP contribution in [0.1, 0.15) is 28.8 Å². The van der Waals surface area contributed by atoms with E-state index in [1.54, 1.807) is 0 Å². The fraction of sp³-hybridized carbons (Fsp3) is 0.462. The summed E-state index contributed by atoms with van der Waals surface area (Å²) in [6.07, 6.45) is -3.07. The van der Waals surface area contributed by atoms with Gasteiger partial charge in [0.1, 0.15) is 0 Å². The molecular formula is C13H14F3NO2. The predicted octanol–water partition coefficient (Wildman–Crippen LogP) is 2.21. The molecule has 3 nitrogen and oxygen atoms in total. The van der Waals surface area contributed by atoms with Crippen LogP contribution in [0.4, 0.5) is 13.2 Å². The van der Waals surface area contributed by atoms with Gasteiger partial charge in [0.25, 0.3) is 5.91 Å². The number of halogens is 3. The summed E-state index contributed by atoms with van der Waals surface area (Å²) in [5, 5.41) is 12.1. The van der Waals surface area contributed by atoms with Crippen LogP contribution in [0, 0.1) is 5.92 Å². The van der Waals surface area contributed by atoms with E-state index in [0.29, 0.717) is 0 Å². The smallest absolute Gasteiger partial charge is 0.391 e. The Morgan fingerprint density at radius 1 is 1.32 bits per heavy atom. The van der Waals surface area contributed by atoms with Gasteiger partial charge >= 0.3 is 6.18 Å². The van der Waals surface area contributed by atoms with E-state index in [1.165, 1.54) is 0 Å². The first kappa shape index (κ1) is 13.9. The fourth-order valence-corrected chi connectivity index (χ4v) is 1.76. The molecule has 0 spiro atoms. The molecule has 0 aliphatic heterocycles. The molecule has 1 atom stereocenters. The number of amides is 1. The number of hydrogen-bond acceptors (Lipinski definition) is 2. The SMILES string of the molecule is O=C(NCC(O)C1CC1)c1ccc(C(F)(F)F)cc1. The topological polar surface area (TPSA) is 49.3 Å². The molecule has 2 N–H and O–H groups in total. The van der Waals surface area contributed by atoms with Gasteiger partial charge in [0, 0.05) is 12.1 Å². The van der Waals surface area contributed by atoms with Gasteiger partial charge in [-0.15, -0.1) is 0 Å². The first-order chi connectivity index (χ1) is 8.88. The van der Waals surface area contributed by atoms with E-state index >= 15 is 0 Å². The first-order valence-electron chi connectivity index (χ1n) is 6.01. The number of aliphatic hydroxyl groups is 1. The Balaban J connectivity index is 1.91. The fourth-order valence-electron chi connectivity index (χ4n) is 1.76. The van der Waals surface area contributed by atoms with E-state index in [0.717, 1.165) is 37.1 Å². The van der Waals surface area contributed by atoms with Crippen molar-refractivity contribution in [3.05, 3.63) is 35.4 Å². The van der Waals surface area contributed by atoms with Crippen LogP contribution in [0.2, 0.25) is 0 Å². The minimum atomic E-state index is -4.41. The summed E-state index contributed by atoms with van der Waals surface area (Å²) >= 11 is 0. The molecule has 0 saturated heterocycles. The molecule has 1 aromatic rings. The lowest BCUT2D eigenvalue weighted by Gasteiger charge is -2.11. The van der Waals surface area contributed by atoms with Crippen LogP contribution >= 0.6 is 0 Å². The average molecular weight is 273 g/mol. The maximum atomic E-state index is 12.3. The molecule has 0 bridgehead atoms. The summed E-state index contributed by atoms with van der Waals surface area (Å²) < 4.78 is 37.0. The van der Waals surface area contributed by atoms with Gasteiger partial charge in [0.15, 0.2) is 0 Å². The maximum Gasteiger partial charge on any atom is 0.416 e. The van der Waals surface area contributed by atoms with Crippen molar-refractivity contribution in [1.29, 1.82) is 0 Å². The van der Waals surface area contributed by atoms with Crippen molar-refractivity contribution in [1.82, 2.24) is 5.32 Å². The third-order valence-electron chi connectivity index (χ3n) is 3.11. The van der Waals surface area contributed by atoms with Gasteiger partial charge in [-0.25, -0.2) is 0 Å². The van der Waals surface area contributed by atoms with Gasteiger partial charge in [0.05, 0.1) is 11.7 Å². The lowest BCUT2D eigenvalue weighted by molar-refractivity contribution is -0.137. The second-order valence-electron chi connectivity index (χ2n) is 4.69. The van der Waals surface area contributed by atoms with E-state index in [2.05, 4.69) is 5.32 Å². The Labute approximate surface area is 108 Å². The van der Waals surface area contributed by atoms with Gasteiger partial charge in [-0.2, -0.15) is 13.2 Å². The number of aliphatic hydroxyl groups excluding tert-OH is 1. The van der Waals surface area contributed by atoms with Crippen molar-refractivity contribution < 1.29 is 23.1 Å². The number of nitrogens with one attached hydrogen (secondary N) is 1. The number of benzene rings is 1. The van der Waals surface area contributed by atoms with E-state index in [-0.39, 0.29) is 18.0 Å². The average Bonchev–Trinajstić information content (AvgIpc) is 3.19. The van der Waals surface area contributed by atoms with Gasteiger partial charge in [-0.1, -0.05) is 0 Å². The Bertz CT molecular complexity index is 452. The number of rotatable bonds is 4. The summed E-state index contributed by atoms with van der Waals surface area (Å²) in [5.74, 6) is -0.235. The summed E-state index contributed by atoms with van der Waals surface area (Å²) in [6, 6.07) is 3.99. The highest BCUT2D eigenvalue weighted by Gasteiger charge is 2.31. The predicted molar refractivity (Wildman–Crippen MR) is 62.5 cm³/mol. The highest BCUT2D eigenvalue weighted by atomic mass is 19.4. The van der Waals surface area contributed by atoms with Crippen LogP contribution in [-0.2, 0) is 6.18 Å². The van der Waals surface area contributed by atoms with E-state index in [9.17, 15) is 23.1 Å². The minimum absolute atomic E-state index is 0.129. The monoisotopic (exact) mass is 273 g/mol. The van der Waals surface area contributed by atoms with Crippen molar-refractivity contribution in [3.63, 3.8) is 0 Å². The molecule has 0 aromatic heterocycles. The first-order valence-corrected chi connectivity index (χ1v) is 6.01. The zero-order valence-corrected chi connectivity index (χ0v) is 10.1. The van der Waals surface area contributed by atoms with E-state index < -0.39 is 23.8 Å². The molecule has 0 heterocycles. The van der Waals surface area contributed by atoms with Gasteiger partial charge < -0.3 is 10.4 Å². The highest BCUT2D eigenvalue weighted by Crippen LogP contribution is 2.32. The molecule has 1 aliphatic rings. The summed E-state index contributed by atoms with van der Waals surface area (Å²) in [6.45, 7) is 0.129.